The van der Waals surface area contributed by atoms with Crippen LogP contribution in [0, 0.1) is 10.8 Å². The van der Waals surface area contributed by atoms with Crippen LogP contribution in [0.5, 0.6) is 0 Å². The predicted molar refractivity (Wildman–Crippen MR) is 52.8 cm³/mol. The molecule has 0 spiro atoms. The van der Waals surface area contributed by atoms with Crippen LogP contribution in [0.25, 0.3) is 0 Å². The summed E-state index contributed by atoms with van der Waals surface area (Å²) in [7, 11) is 0. The molecule has 2 N–H and O–H groups in total. The highest BCUT2D eigenvalue weighted by Gasteiger charge is 1.81. The summed E-state index contributed by atoms with van der Waals surface area (Å²) in [6.45, 7) is 0. The Morgan fingerprint density at radius 1 is 1.07 bits per heavy atom. The first-order valence-electron chi connectivity index (χ1n) is 3.44. The van der Waals surface area contributed by atoms with E-state index in [0.29, 0.717) is 5.88 Å². The molecule has 0 radical (unpaired) electrons. The lowest BCUT2D eigenvalue weighted by molar-refractivity contribution is 0.562. The second kappa shape index (κ2) is 13.8. The van der Waals surface area contributed by atoms with Crippen LogP contribution in [0.15, 0.2) is 30.3 Å². The fourth-order valence-electron chi connectivity index (χ4n) is 0.567. The zero-order valence-electron chi connectivity index (χ0n) is 7.29. The Hall–Kier alpha value is -1.73. The van der Waals surface area contributed by atoms with Crippen molar-refractivity contribution in [3.8, 4) is 0 Å². The molecule has 0 aliphatic rings. The van der Waals surface area contributed by atoms with Crippen molar-refractivity contribution >= 4 is 23.8 Å². The number of rotatable bonds is 1. The molecule has 0 heterocycles. The first-order valence-corrected chi connectivity index (χ1v) is 3.97. The molecule has 0 aliphatic heterocycles. The third-order valence-electron chi connectivity index (χ3n) is 0.997. The minimum atomic E-state index is 0.612. The van der Waals surface area contributed by atoms with Gasteiger partial charge in [0.05, 0.1) is 0 Å². The Labute approximate surface area is 86.5 Å². The number of alkyl halides is 1. The van der Waals surface area contributed by atoms with E-state index in [0.717, 1.165) is 12.2 Å². The number of benzene rings is 1. The van der Waals surface area contributed by atoms with Crippen molar-refractivity contribution in [2.24, 2.45) is 0 Å². The van der Waals surface area contributed by atoms with Gasteiger partial charge in [0.15, 0.2) is 0 Å². The lowest BCUT2D eigenvalue weighted by atomic mass is 10.2. The average Bonchev–Trinajstić information content (AvgIpc) is 2.21. The summed E-state index contributed by atoms with van der Waals surface area (Å²) in [6, 6.07) is 9.96. The molecule has 0 saturated heterocycles. The van der Waals surface area contributed by atoms with Gasteiger partial charge in [-0.05, 0) is 5.56 Å². The van der Waals surface area contributed by atoms with Gasteiger partial charge in [0, 0.05) is 5.88 Å². The van der Waals surface area contributed by atoms with Crippen LogP contribution in [0.2, 0.25) is 0 Å². The van der Waals surface area contributed by atoms with E-state index in [4.69, 9.17) is 32.0 Å². The van der Waals surface area contributed by atoms with Crippen LogP contribution in [-0.4, -0.2) is 12.2 Å². The molecule has 4 nitrogen and oxygen atoms in total. The number of halogens is 1. The Morgan fingerprint density at radius 3 is 1.64 bits per heavy atom. The van der Waals surface area contributed by atoms with Crippen LogP contribution in [-0.2, 0) is 15.5 Å². The van der Waals surface area contributed by atoms with Crippen molar-refractivity contribution in [2.75, 3.05) is 0 Å². The second-order valence-corrected chi connectivity index (χ2v) is 2.09. The highest BCUT2D eigenvalue weighted by atomic mass is 35.5. The monoisotopic (exact) mass is 212 g/mol. The average molecular weight is 213 g/mol. The fourth-order valence-corrected chi connectivity index (χ4v) is 0.745. The standard InChI is InChI=1S/C7H7Cl.2CHNO/c8-6-7-4-2-1-3-5-7;2*2-1-3/h1-5H,6H2;2*2H. The van der Waals surface area contributed by atoms with Gasteiger partial charge in [0.2, 0.25) is 12.2 Å². The van der Waals surface area contributed by atoms with Crippen molar-refractivity contribution in [3.63, 3.8) is 0 Å². The Kier molecular flexibility index (Phi) is 14.6. The molecule has 0 atom stereocenters. The van der Waals surface area contributed by atoms with E-state index in [-0.39, 0.29) is 0 Å². The summed E-state index contributed by atoms with van der Waals surface area (Å²) in [5.41, 5.74) is 1.18. The van der Waals surface area contributed by atoms with Crippen LogP contribution in [0.3, 0.4) is 0 Å². The zero-order valence-corrected chi connectivity index (χ0v) is 8.04. The van der Waals surface area contributed by atoms with Crippen molar-refractivity contribution in [3.05, 3.63) is 35.9 Å². The molecule has 0 aromatic heterocycles. The Morgan fingerprint density at radius 2 is 1.43 bits per heavy atom. The summed E-state index contributed by atoms with van der Waals surface area (Å²) in [5.74, 6) is 0.612. The predicted octanol–water partition coefficient (Wildman–Crippen LogP) is 2.23. The van der Waals surface area contributed by atoms with E-state index in [2.05, 4.69) is 0 Å². The van der Waals surface area contributed by atoms with Crippen LogP contribution < -0.4 is 0 Å². The second-order valence-electron chi connectivity index (χ2n) is 1.82. The number of hydrogen-bond acceptors (Lipinski definition) is 4. The van der Waals surface area contributed by atoms with Crippen molar-refractivity contribution < 1.29 is 9.59 Å². The maximum Gasteiger partial charge on any atom is 0.231 e. The molecule has 74 valence electrons. The fraction of sp³-hybridized carbons (Fsp3) is 0.111. The normalized spacial score (nSPS) is 6.36. The van der Waals surface area contributed by atoms with E-state index in [9.17, 15) is 0 Å². The molecular formula is C9H9ClN2O2. The number of isocyanates is 2. The van der Waals surface area contributed by atoms with Crippen molar-refractivity contribution in [2.45, 2.75) is 5.88 Å². The van der Waals surface area contributed by atoms with E-state index < -0.39 is 0 Å². The molecule has 1 rings (SSSR count). The molecular weight excluding hydrogens is 204 g/mol. The third-order valence-corrected chi connectivity index (χ3v) is 1.31. The summed E-state index contributed by atoms with van der Waals surface area (Å²) < 4.78 is 0. The highest BCUT2D eigenvalue weighted by molar-refractivity contribution is 6.17. The van der Waals surface area contributed by atoms with Gasteiger partial charge < -0.3 is 0 Å². The molecule has 0 fully saturated rings. The third kappa shape index (κ3) is 12.9. The Balaban J connectivity index is 0. The maximum absolute atomic E-state index is 8.35. The van der Waals surface area contributed by atoms with Gasteiger partial charge >= 0.3 is 0 Å². The number of nitrogens with one attached hydrogen (secondary N) is 2. The zero-order chi connectivity index (χ0) is 11.2. The molecule has 0 saturated carbocycles. The minimum Gasteiger partial charge on any atom is -0.222 e. The summed E-state index contributed by atoms with van der Waals surface area (Å²) in [6.07, 6.45) is 1.50. The summed E-state index contributed by atoms with van der Waals surface area (Å²) in [4.78, 5) is 16.7. The van der Waals surface area contributed by atoms with Crippen molar-refractivity contribution in [1.29, 1.82) is 10.8 Å². The minimum absolute atomic E-state index is 0.612. The first kappa shape index (κ1) is 14.8. The molecule has 1 aromatic carbocycles. The maximum atomic E-state index is 8.35. The van der Waals surface area contributed by atoms with E-state index in [1.54, 1.807) is 0 Å². The van der Waals surface area contributed by atoms with E-state index >= 15 is 0 Å². The molecule has 0 aliphatic carbocycles. The number of carbonyl (C=O) groups excluding carboxylic acids is 2. The smallest absolute Gasteiger partial charge is 0.222 e. The van der Waals surface area contributed by atoms with Crippen LogP contribution in [0.4, 0.5) is 0 Å². The van der Waals surface area contributed by atoms with Gasteiger partial charge in [-0.3, -0.25) is 0 Å². The van der Waals surface area contributed by atoms with Crippen molar-refractivity contribution in [1.82, 2.24) is 0 Å². The van der Waals surface area contributed by atoms with Gasteiger partial charge in [0.1, 0.15) is 0 Å². The lowest BCUT2D eigenvalue weighted by Crippen LogP contribution is -1.71. The van der Waals surface area contributed by atoms with Gasteiger partial charge in [-0.25, -0.2) is 20.4 Å². The Bertz CT molecular complexity index is 277. The van der Waals surface area contributed by atoms with Gasteiger partial charge in [-0.1, -0.05) is 30.3 Å². The number of hydrogen-bond donors (Lipinski definition) is 2. The largest absolute Gasteiger partial charge is 0.231 e. The summed E-state index contributed by atoms with van der Waals surface area (Å²) >= 11 is 5.53. The quantitative estimate of drug-likeness (QED) is 0.425. The van der Waals surface area contributed by atoms with Crippen LogP contribution in [0.1, 0.15) is 5.56 Å². The molecule has 14 heavy (non-hydrogen) atoms. The topological polar surface area (TPSA) is 81.8 Å². The highest BCUT2D eigenvalue weighted by Crippen LogP contribution is 2.00. The van der Waals surface area contributed by atoms with E-state index in [1.165, 1.54) is 5.56 Å². The van der Waals surface area contributed by atoms with Crippen LogP contribution >= 0.6 is 11.6 Å². The lowest BCUT2D eigenvalue weighted by Gasteiger charge is -1.88. The molecule has 0 amide bonds. The first-order chi connectivity index (χ1) is 6.76. The van der Waals surface area contributed by atoms with Gasteiger partial charge in [-0.15, -0.1) is 11.6 Å². The van der Waals surface area contributed by atoms with Gasteiger partial charge in [0.25, 0.3) is 0 Å². The molecule has 0 unspecified atom stereocenters. The van der Waals surface area contributed by atoms with Gasteiger partial charge in [-0.2, -0.15) is 0 Å². The summed E-state index contributed by atoms with van der Waals surface area (Å²) in [5, 5.41) is 10.8. The molecule has 0 bridgehead atoms. The SMILES string of the molecule is ClCc1ccccc1.N=C=O.N=C=O. The molecule has 1 aromatic rings. The van der Waals surface area contributed by atoms with E-state index in [1.807, 2.05) is 30.3 Å². The molecule has 5 heteroatoms.